The van der Waals surface area contributed by atoms with Crippen molar-refractivity contribution < 1.29 is 9.90 Å². The highest BCUT2D eigenvalue weighted by molar-refractivity contribution is 5.80. The van der Waals surface area contributed by atoms with E-state index in [9.17, 15) is 4.79 Å². The van der Waals surface area contributed by atoms with E-state index >= 15 is 0 Å². The molecule has 1 rings (SSSR count). The molecule has 0 aliphatic carbocycles. The zero-order valence-corrected chi connectivity index (χ0v) is 11.6. The second kappa shape index (κ2) is 6.00. The molecule has 1 heterocycles. The molecule has 0 fully saturated rings. The van der Waals surface area contributed by atoms with E-state index in [0.717, 1.165) is 0 Å². The van der Waals surface area contributed by atoms with Crippen LogP contribution < -0.4 is 5.32 Å². The minimum absolute atomic E-state index is 0.0481. The average Bonchev–Trinajstić information content (AvgIpc) is 2.79. The second-order valence-electron chi connectivity index (χ2n) is 5.60. The quantitative estimate of drug-likeness (QED) is 0.832. The Balaban J connectivity index is 2.67. The van der Waals surface area contributed by atoms with Gasteiger partial charge in [-0.2, -0.15) is 5.10 Å². The van der Waals surface area contributed by atoms with Crippen molar-refractivity contribution in [3.8, 4) is 0 Å². The number of nitrogens with zero attached hydrogens (tertiary/aromatic N) is 2. The molecule has 0 saturated carbocycles. The molecule has 1 aromatic rings. The summed E-state index contributed by atoms with van der Waals surface area (Å²) >= 11 is 0. The second-order valence-corrected chi connectivity index (χ2v) is 5.60. The number of hydrogen-bond acceptors (Lipinski definition) is 3. The molecule has 2 atom stereocenters. The van der Waals surface area contributed by atoms with Crippen LogP contribution in [0.5, 0.6) is 0 Å². The van der Waals surface area contributed by atoms with Crippen molar-refractivity contribution in [1.82, 2.24) is 15.1 Å². The zero-order valence-electron chi connectivity index (χ0n) is 11.6. The van der Waals surface area contributed by atoms with Gasteiger partial charge in [0.2, 0.25) is 5.91 Å². The number of rotatable bonds is 5. The van der Waals surface area contributed by atoms with Gasteiger partial charge in [-0.1, -0.05) is 20.8 Å². The van der Waals surface area contributed by atoms with Crippen molar-refractivity contribution in [2.75, 3.05) is 6.61 Å². The number of nitrogens with one attached hydrogen (secondary N) is 1. The predicted molar refractivity (Wildman–Crippen MR) is 70.0 cm³/mol. The summed E-state index contributed by atoms with van der Waals surface area (Å²) in [5, 5.41) is 16.1. The first-order valence-electron chi connectivity index (χ1n) is 6.26. The van der Waals surface area contributed by atoms with Crippen molar-refractivity contribution in [1.29, 1.82) is 0 Å². The Hall–Kier alpha value is -1.36. The Kier molecular flexibility index (Phi) is 4.90. The van der Waals surface area contributed by atoms with E-state index in [-0.39, 0.29) is 30.0 Å². The molecule has 0 saturated heterocycles. The topological polar surface area (TPSA) is 67.2 Å². The van der Waals surface area contributed by atoms with Gasteiger partial charge in [0, 0.05) is 25.0 Å². The largest absolute Gasteiger partial charge is 0.396 e. The van der Waals surface area contributed by atoms with E-state index in [1.165, 1.54) is 0 Å². The van der Waals surface area contributed by atoms with Crippen LogP contribution >= 0.6 is 0 Å². The van der Waals surface area contributed by atoms with Crippen molar-refractivity contribution in [2.24, 2.45) is 5.41 Å². The van der Waals surface area contributed by atoms with Gasteiger partial charge in [-0.25, -0.2) is 0 Å². The molecule has 5 heteroatoms. The standard InChI is InChI=1S/C13H23N3O2/c1-10(16-8-5-7-14-16)12(18)15-11(6-9-17)13(2,3)4/h5,7-8,10-11,17H,6,9H2,1-4H3,(H,15,18). The fraction of sp³-hybridized carbons (Fsp3) is 0.692. The lowest BCUT2D eigenvalue weighted by Gasteiger charge is -2.32. The van der Waals surface area contributed by atoms with Gasteiger partial charge in [-0.3, -0.25) is 9.48 Å². The van der Waals surface area contributed by atoms with Gasteiger partial charge < -0.3 is 10.4 Å². The first kappa shape index (κ1) is 14.7. The summed E-state index contributed by atoms with van der Waals surface area (Å²) in [7, 11) is 0. The van der Waals surface area contributed by atoms with Crippen molar-refractivity contribution >= 4 is 5.91 Å². The fourth-order valence-corrected chi connectivity index (χ4v) is 1.77. The smallest absolute Gasteiger partial charge is 0.244 e. The third kappa shape index (κ3) is 3.84. The number of carbonyl (C=O) groups is 1. The number of carbonyl (C=O) groups excluding carboxylic acids is 1. The summed E-state index contributed by atoms with van der Waals surface area (Å²) in [6.45, 7) is 8.02. The minimum atomic E-state index is -0.344. The summed E-state index contributed by atoms with van der Waals surface area (Å²) in [6.07, 6.45) is 3.97. The van der Waals surface area contributed by atoms with E-state index in [4.69, 9.17) is 5.11 Å². The molecule has 0 spiro atoms. The van der Waals surface area contributed by atoms with Crippen molar-refractivity contribution in [3.63, 3.8) is 0 Å². The van der Waals surface area contributed by atoms with E-state index in [1.54, 1.807) is 30.1 Å². The first-order chi connectivity index (χ1) is 8.36. The van der Waals surface area contributed by atoms with E-state index < -0.39 is 0 Å². The van der Waals surface area contributed by atoms with E-state index in [0.29, 0.717) is 6.42 Å². The molecule has 2 N–H and O–H groups in total. The molecule has 5 nitrogen and oxygen atoms in total. The molecule has 18 heavy (non-hydrogen) atoms. The number of aliphatic hydroxyl groups excluding tert-OH is 1. The highest BCUT2D eigenvalue weighted by Gasteiger charge is 2.27. The third-order valence-electron chi connectivity index (χ3n) is 3.08. The highest BCUT2D eigenvalue weighted by atomic mass is 16.3. The molecular weight excluding hydrogens is 230 g/mol. The lowest BCUT2D eigenvalue weighted by Crippen LogP contribution is -2.46. The van der Waals surface area contributed by atoms with Crippen LogP contribution in [0.1, 0.15) is 40.2 Å². The molecular formula is C13H23N3O2. The summed E-state index contributed by atoms with van der Waals surface area (Å²) in [6, 6.07) is 1.40. The lowest BCUT2D eigenvalue weighted by atomic mass is 9.85. The Labute approximate surface area is 108 Å². The summed E-state index contributed by atoms with van der Waals surface area (Å²) in [4.78, 5) is 12.1. The number of amides is 1. The van der Waals surface area contributed by atoms with E-state index in [2.05, 4.69) is 10.4 Å². The predicted octanol–water partition coefficient (Wildman–Crippen LogP) is 1.36. The van der Waals surface area contributed by atoms with Crippen LogP contribution in [-0.2, 0) is 4.79 Å². The molecule has 0 aliphatic heterocycles. The number of hydrogen-bond donors (Lipinski definition) is 2. The van der Waals surface area contributed by atoms with Crippen molar-refractivity contribution in [2.45, 2.75) is 46.2 Å². The molecule has 0 bridgehead atoms. The Morgan fingerprint density at radius 1 is 1.50 bits per heavy atom. The van der Waals surface area contributed by atoms with Gasteiger partial charge in [0.15, 0.2) is 0 Å². The van der Waals surface area contributed by atoms with Crippen LogP contribution in [0.25, 0.3) is 0 Å². The van der Waals surface area contributed by atoms with Crippen LogP contribution in [0.4, 0.5) is 0 Å². The van der Waals surface area contributed by atoms with Gasteiger partial charge >= 0.3 is 0 Å². The maximum atomic E-state index is 12.1. The fourth-order valence-electron chi connectivity index (χ4n) is 1.77. The van der Waals surface area contributed by atoms with Crippen LogP contribution in [0, 0.1) is 5.41 Å². The monoisotopic (exact) mass is 253 g/mol. The Bertz CT molecular complexity index is 368. The zero-order chi connectivity index (χ0) is 13.8. The van der Waals surface area contributed by atoms with Crippen molar-refractivity contribution in [3.05, 3.63) is 18.5 Å². The third-order valence-corrected chi connectivity index (χ3v) is 3.08. The molecule has 0 aromatic carbocycles. The molecule has 102 valence electrons. The maximum absolute atomic E-state index is 12.1. The van der Waals surface area contributed by atoms with Crippen LogP contribution in [-0.4, -0.2) is 33.4 Å². The molecule has 1 amide bonds. The van der Waals surface area contributed by atoms with Crippen LogP contribution in [0.15, 0.2) is 18.5 Å². The van der Waals surface area contributed by atoms with E-state index in [1.807, 2.05) is 20.8 Å². The molecule has 1 aromatic heterocycles. The van der Waals surface area contributed by atoms with Gasteiger partial charge in [0.1, 0.15) is 6.04 Å². The minimum Gasteiger partial charge on any atom is -0.396 e. The summed E-state index contributed by atoms with van der Waals surface area (Å²) in [5.41, 5.74) is -0.0811. The summed E-state index contributed by atoms with van der Waals surface area (Å²) < 4.78 is 1.62. The van der Waals surface area contributed by atoms with Gasteiger partial charge in [0.05, 0.1) is 0 Å². The lowest BCUT2D eigenvalue weighted by molar-refractivity contribution is -0.125. The normalized spacial score (nSPS) is 15.2. The SMILES string of the molecule is CC(C(=O)NC(CCO)C(C)(C)C)n1cccn1. The molecule has 0 aliphatic rings. The number of aliphatic hydroxyl groups is 1. The Morgan fingerprint density at radius 3 is 2.61 bits per heavy atom. The average molecular weight is 253 g/mol. The van der Waals surface area contributed by atoms with Gasteiger partial charge in [0.25, 0.3) is 0 Å². The Morgan fingerprint density at radius 2 is 2.17 bits per heavy atom. The highest BCUT2D eigenvalue weighted by Crippen LogP contribution is 2.22. The maximum Gasteiger partial charge on any atom is 0.244 e. The summed E-state index contributed by atoms with van der Waals surface area (Å²) in [5.74, 6) is -0.0768. The number of aromatic nitrogens is 2. The molecule has 0 radical (unpaired) electrons. The van der Waals surface area contributed by atoms with Gasteiger partial charge in [-0.15, -0.1) is 0 Å². The van der Waals surface area contributed by atoms with Crippen LogP contribution in [0.3, 0.4) is 0 Å². The van der Waals surface area contributed by atoms with Gasteiger partial charge in [-0.05, 0) is 24.8 Å². The van der Waals surface area contributed by atoms with Crippen LogP contribution in [0.2, 0.25) is 0 Å². The molecule has 2 unspecified atom stereocenters. The first-order valence-corrected chi connectivity index (χ1v) is 6.26.